The molecule has 26 heavy (non-hydrogen) atoms. The summed E-state index contributed by atoms with van der Waals surface area (Å²) in [5.74, 6) is 0.675. The van der Waals surface area contributed by atoms with E-state index >= 15 is 0 Å². The molecule has 8 heteroatoms. The summed E-state index contributed by atoms with van der Waals surface area (Å²) in [6, 6.07) is 10.6. The van der Waals surface area contributed by atoms with Gasteiger partial charge in [-0.15, -0.1) is 0 Å². The number of nitrogens with one attached hydrogen (secondary N) is 2. The van der Waals surface area contributed by atoms with Gasteiger partial charge in [0.15, 0.2) is 5.96 Å². The van der Waals surface area contributed by atoms with Crippen molar-refractivity contribution >= 4 is 16.0 Å². The molecule has 1 aliphatic rings. The maximum Gasteiger partial charge on any atom is 0.215 e. The third-order valence-corrected chi connectivity index (χ3v) is 6.20. The highest BCUT2D eigenvalue weighted by molar-refractivity contribution is 7.89. The molecule has 1 aromatic rings. The molecule has 2 rings (SSSR count). The van der Waals surface area contributed by atoms with Crippen LogP contribution in [-0.4, -0.2) is 70.4 Å². The second-order valence-corrected chi connectivity index (χ2v) is 8.48. The number of ether oxygens (including phenoxy) is 1. The van der Waals surface area contributed by atoms with E-state index in [2.05, 4.69) is 34.7 Å². The Balaban J connectivity index is 1.71. The van der Waals surface area contributed by atoms with Crippen molar-refractivity contribution < 1.29 is 13.2 Å². The Morgan fingerprint density at radius 2 is 1.96 bits per heavy atom. The Kier molecular flexibility index (Phi) is 8.34. The first-order chi connectivity index (χ1) is 12.5. The van der Waals surface area contributed by atoms with Crippen LogP contribution in [0, 0.1) is 0 Å². The fourth-order valence-corrected chi connectivity index (χ4v) is 4.10. The Labute approximate surface area is 156 Å². The molecule has 1 atom stereocenters. The van der Waals surface area contributed by atoms with Gasteiger partial charge in [-0.05, 0) is 25.3 Å². The topological polar surface area (TPSA) is 83.0 Å². The molecular weight excluding hydrogens is 352 g/mol. The first-order valence-corrected chi connectivity index (χ1v) is 10.7. The van der Waals surface area contributed by atoms with E-state index < -0.39 is 10.0 Å². The summed E-state index contributed by atoms with van der Waals surface area (Å²) in [7, 11) is -1.56. The van der Waals surface area contributed by atoms with Gasteiger partial charge in [-0.3, -0.25) is 4.99 Å². The van der Waals surface area contributed by atoms with E-state index in [0.717, 1.165) is 12.8 Å². The van der Waals surface area contributed by atoms with E-state index in [1.54, 1.807) is 7.05 Å². The van der Waals surface area contributed by atoms with Crippen molar-refractivity contribution in [3.63, 3.8) is 0 Å². The number of hydrogen-bond donors (Lipinski definition) is 2. The van der Waals surface area contributed by atoms with Crippen molar-refractivity contribution in [1.82, 2.24) is 14.9 Å². The third-order valence-electron chi connectivity index (χ3n) is 4.33. The van der Waals surface area contributed by atoms with Crippen molar-refractivity contribution in [2.24, 2.45) is 4.99 Å². The van der Waals surface area contributed by atoms with Crippen molar-refractivity contribution in [2.45, 2.75) is 25.8 Å². The molecule has 1 heterocycles. The Morgan fingerprint density at radius 3 is 2.62 bits per heavy atom. The van der Waals surface area contributed by atoms with E-state index in [1.165, 1.54) is 9.87 Å². The fraction of sp³-hybridized carbons (Fsp3) is 0.611. The zero-order valence-electron chi connectivity index (χ0n) is 15.6. The summed E-state index contributed by atoms with van der Waals surface area (Å²) in [6.45, 7) is 4.23. The predicted molar refractivity (Wildman–Crippen MR) is 105 cm³/mol. The zero-order chi connectivity index (χ0) is 18.8. The SMILES string of the molecule is CN=C(NCCS(=O)(=O)N1CCOCC1)NC(C)CCc1ccccc1. The largest absolute Gasteiger partial charge is 0.379 e. The normalized spacial score (nSPS) is 17.7. The summed E-state index contributed by atoms with van der Waals surface area (Å²) in [4.78, 5) is 4.18. The van der Waals surface area contributed by atoms with E-state index in [0.29, 0.717) is 38.8 Å². The van der Waals surface area contributed by atoms with Gasteiger partial charge < -0.3 is 15.4 Å². The Bertz CT molecular complexity index is 658. The molecule has 0 saturated carbocycles. The summed E-state index contributed by atoms with van der Waals surface area (Å²) >= 11 is 0. The lowest BCUT2D eigenvalue weighted by Crippen LogP contribution is -2.46. The smallest absolute Gasteiger partial charge is 0.215 e. The monoisotopic (exact) mass is 382 g/mol. The molecule has 0 bridgehead atoms. The van der Waals surface area contributed by atoms with Crippen LogP contribution in [0.3, 0.4) is 0 Å². The van der Waals surface area contributed by atoms with E-state index in [-0.39, 0.29) is 11.8 Å². The van der Waals surface area contributed by atoms with Crippen LogP contribution in [0.5, 0.6) is 0 Å². The summed E-state index contributed by atoms with van der Waals surface area (Å²) in [6.07, 6.45) is 1.95. The van der Waals surface area contributed by atoms with Crippen LogP contribution >= 0.6 is 0 Å². The van der Waals surface area contributed by atoms with Crippen molar-refractivity contribution in [3.05, 3.63) is 35.9 Å². The highest BCUT2D eigenvalue weighted by Gasteiger charge is 2.23. The second-order valence-electron chi connectivity index (χ2n) is 6.40. The number of hydrogen-bond acceptors (Lipinski definition) is 4. The molecule has 1 fully saturated rings. The quantitative estimate of drug-likeness (QED) is 0.514. The number of morpholine rings is 1. The van der Waals surface area contributed by atoms with Gasteiger partial charge in [0.2, 0.25) is 10.0 Å². The second kappa shape index (κ2) is 10.5. The lowest BCUT2D eigenvalue weighted by molar-refractivity contribution is 0.0730. The first-order valence-electron chi connectivity index (χ1n) is 9.08. The van der Waals surface area contributed by atoms with Gasteiger partial charge in [0, 0.05) is 32.7 Å². The number of rotatable bonds is 8. The average molecular weight is 383 g/mol. The molecule has 1 aliphatic heterocycles. The predicted octanol–water partition coefficient (Wildman–Crippen LogP) is 0.835. The molecule has 2 N–H and O–H groups in total. The fourth-order valence-electron chi connectivity index (χ4n) is 2.78. The van der Waals surface area contributed by atoms with Gasteiger partial charge in [0.25, 0.3) is 0 Å². The number of sulfonamides is 1. The minimum Gasteiger partial charge on any atom is -0.379 e. The number of guanidine groups is 1. The number of benzene rings is 1. The molecule has 0 aromatic heterocycles. The minimum atomic E-state index is -3.25. The van der Waals surface area contributed by atoms with E-state index in [9.17, 15) is 8.42 Å². The van der Waals surface area contributed by atoms with Crippen LogP contribution < -0.4 is 10.6 Å². The molecule has 0 radical (unpaired) electrons. The summed E-state index contributed by atoms with van der Waals surface area (Å²) in [5.41, 5.74) is 1.31. The van der Waals surface area contributed by atoms with Crippen LogP contribution in [-0.2, 0) is 21.2 Å². The van der Waals surface area contributed by atoms with Gasteiger partial charge in [0.1, 0.15) is 0 Å². The molecule has 1 unspecified atom stereocenters. The maximum absolute atomic E-state index is 12.3. The standard InChI is InChI=1S/C18H30N4O3S/c1-16(8-9-17-6-4-3-5-7-17)21-18(19-2)20-10-15-26(23,24)22-11-13-25-14-12-22/h3-7,16H,8-15H2,1-2H3,(H2,19,20,21). The minimum absolute atomic E-state index is 0.0477. The lowest BCUT2D eigenvalue weighted by Gasteiger charge is -2.26. The molecule has 1 saturated heterocycles. The highest BCUT2D eigenvalue weighted by Crippen LogP contribution is 2.06. The van der Waals surface area contributed by atoms with E-state index in [1.807, 2.05) is 18.2 Å². The number of nitrogens with zero attached hydrogens (tertiary/aromatic N) is 2. The number of aliphatic imine (C=N–C) groups is 1. The van der Waals surface area contributed by atoms with Gasteiger partial charge in [-0.2, -0.15) is 4.31 Å². The van der Waals surface area contributed by atoms with Crippen LogP contribution in [0.4, 0.5) is 0 Å². The van der Waals surface area contributed by atoms with Gasteiger partial charge in [-0.1, -0.05) is 30.3 Å². The maximum atomic E-state index is 12.3. The summed E-state index contributed by atoms with van der Waals surface area (Å²) in [5, 5.41) is 6.41. The molecule has 7 nitrogen and oxygen atoms in total. The molecule has 0 aliphatic carbocycles. The van der Waals surface area contributed by atoms with Crippen LogP contribution in [0.2, 0.25) is 0 Å². The third kappa shape index (κ3) is 6.93. The van der Waals surface area contributed by atoms with Crippen molar-refractivity contribution in [2.75, 3.05) is 45.6 Å². The number of aryl methyl sites for hydroxylation is 1. The molecule has 0 amide bonds. The molecular formula is C18H30N4O3S. The van der Waals surface area contributed by atoms with Gasteiger partial charge in [-0.25, -0.2) is 8.42 Å². The lowest BCUT2D eigenvalue weighted by atomic mass is 10.1. The molecule has 1 aromatic carbocycles. The van der Waals surface area contributed by atoms with Gasteiger partial charge >= 0.3 is 0 Å². The summed E-state index contributed by atoms with van der Waals surface area (Å²) < 4.78 is 31.3. The average Bonchev–Trinajstić information content (AvgIpc) is 2.67. The Morgan fingerprint density at radius 1 is 1.27 bits per heavy atom. The van der Waals surface area contributed by atoms with E-state index in [4.69, 9.17) is 4.74 Å². The zero-order valence-corrected chi connectivity index (χ0v) is 16.5. The van der Waals surface area contributed by atoms with Crippen molar-refractivity contribution in [3.8, 4) is 0 Å². The van der Waals surface area contributed by atoms with Crippen molar-refractivity contribution in [1.29, 1.82) is 0 Å². The Hall–Kier alpha value is -1.64. The highest BCUT2D eigenvalue weighted by atomic mass is 32.2. The van der Waals surface area contributed by atoms with Crippen LogP contribution in [0.15, 0.2) is 35.3 Å². The van der Waals surface area contributed by atoms with Gasteiger partial charge in [0.05, 0.1) is 19.0 Å². The first kappa shape index (κ1) is 20.7. The molecule has 146 valence electrons. The molecule has 0 spiro atoms. The van der Waals surface area contributed by atoms with Crippen LogP contribution in [0.1, 0.15) is 18.9 Å². The van der Waals surface area contributed by atoms with Crippen LogP contribution in [0.25, 0.3) is 0 Å².